The average molecular weight is 220 g/mol. The normalized spacial score (nSPS) is 8.33. The molecule has 0 saturated heterocycles. The van der Waals surface area contributed by atoms with Crippen molar-refractivity contribution in [3.05, 3.63) is 42.5 Å². The van der Waals surface area contributed by atoms with Gasteiger partial charge < -0.3 is 0 Å². The lowest BCUT2D eigenvalue weighted by Gasteiger charge is -1.98. The molecule has 0 aliphatic heterocycles. The summed E-state index contributed by atoms with van der Waals surface area (Å²) in [5, 5.41) is 2.47. The summed E-state index contributed by atoms with van der Waals surface area (Å²) in [5.74, 6) is 0. The van der Waals surface area contributed by atoms with Crippen LogP contribution in [-0.4, -0.2) is 0 Å². The SMILES string of the molecule is CC.CC.Sc1cccc2ccccc12. The Kier molecular flexibility index (Phi) is 7.84. The molecule has 0 aromatic heterocycles. The molecule has 0 atom stereocenters. The molecule has 1 heteroatoms. The number of thiol groups is 1. The van der Waals surface area contributed by atoms with E-state index in [0.717, 1.165) is 4.90 Å². The summed E-state index contributed by atoms with van der Waals surface area (Å²) in [5.41, 5.74) is 0. The van der Waals surface area contributed by atoms with E-state index in [0.29, 0.717) is 0 Å². The Morgan fingerprint density at radius 1 is 0.733 bits per heavy atom. The van der Waals surface area contributed by atoms with Gasteiger partial charge in [-0.2, -0.15) is 0 Å². The Labute approximate surface area is 98.7 Å². The molecule has 0 spiro atoms. The van der Waals surface area contributed by atoms with Gasteiger partial charge in [-0.3, -0.25) is 0 Å². The molecule has 2 rings (SSSR count). The van der Waals surface area contributed by atoms with Crippen molar-refractivity contribution in [2.45, 2.75) is 32.6 Å². The first-order valence-electron chi connectivity index (χ1n) is 5.54. The summed E-state index contributed by atoms with van der Waals surface area (Å²) >= 11 is 4.35. The Balaban J connectivity index is 0.000000442. The molecule has 0 radical (unpaired) electrons. The molecule has 82 valence electrons. The molecular formula is C14H20S. The second-order valence-electron chi connectivity index (χ2n) is 2.50. The predicted molar refractivity (Wildman–Crippen MR) is 73.9 cm³/mol. The molecule has 2 aromatic carbocycles. The van der Waals surface area contributed by atoms with Crippen molar-refractivity contribution < 1.29 is 0 Å². The van der Waals surface area contributed by atoms with Crippen molar-refractivity contribution in [3.63, 3.8) is 0 Å². The zero-order valence-corrected chi connectivity index (χ0v) is 10.9. The first-order valence-corrected chi connectivity index (χ1v) is 5.99. The van der Waals surface area contributed by atoms with Gasteiger partial charge >= 0.3 is 0 Å². The van der Waals surface area contributed by atoms with Gasteiger partial charge in [-0.15, -0.1) is 12.6 Å². The maximum absolute atomic E-state index is 4.35. The topological polar surface area (TPSA) is 0 Å². The lowest BCUT2D eigenvalue weighted by atomic mass is 10.1. The fourth-order valence-corrected chi connectivity index (χ4v) is 1.50. The van der Waals surface area contributed by atoms with E-state index in [1.807, 2.05) is 52.0 Å². The van der Waals surface area contributed by atoms with Crippen LogP contribution in [0, 0.1) is 0 Å². The maximum Gasteiger partial charge on any atom is 0.0119 e. The van der Waals surface area contributed by atoms with Crippen molar-refractivity contribution in [2.75, 3.05) is 0 Å². The van der Waals surface area contributed by atoms with Crippen LogP contribution in [-0.2, 0) is 0 Å². The third kappa shape index (κ3) is 3.96. The number of rotatable bonds is 0. The van der Waals surface area contributed by atoms with Gasteiger partial charge in [-0.1, -0.05) is 64.1 Å². The highest BCUT2D eigenvalue weighted by molar-refractivity contribution is 7.80. The van der Waals surface area contributed by atoms with Gasteiger partial charge in [-0.25, -0.2) is 0 Å². The van der Waals surface area contributed by atoms with Crippen LogP contribution < -0.4 is 0 Å². The van der Waals surface area contributed by atoms with Crippen LogP contribution in [0.4, 0.5) is 0 Å². The van der Waals surface area contributed by atoms with E-state index in [9.17, 15) is 0 Å². The zero-order valence-electron chi connectivity index (χ0n) is 9.99. The van der Waals surface area contributed by atoms with E-state index in [2.05, 4.69) is 30.8 Å². The van der Waals surface area contributed by atoms with E-state index in [1.54, 1.807) is 0 Å². The lowest BCUT2D eigenvalue weighted by molar-refractivity contribution is 1.50. The second kappa shape index (κ2) is 8.37. The average Bonchev–Trinajstić information content (AvgIpc) is 2.35. The van der Waals surface area contributed by atoms with Crippen LogP contribution in [0.3, 0.4) is 0 Å². The minimum atomic E-state index is 1.04. The van der Waals surface area contributed by atoms with E-state index in [1.165, 1.54) is 10.8 Å². The monoisotopic (exact) mass is 220 g/mol. The largest absolute Gasteiger partial charge is 0.143 e. The number of benzene rings is 2. The molecule has 0 unspecified atom stereocenters. The van der Waals surface area contributed by atoms with E-state index < -0.39 is 0 Å². The van der Waals surface area contributed by atoms with E-state index in [-0.39, 0.29) is 0 Å². The maximum atomic E-state index is 4.35. The van der Waals surface area contributed by atoms with Gasteiger partial charge in [0.25, 0.3) is 0 Å². The minimum Gasteiger partial charge on any atom is -0.143 e. The molecule has 0 bridgehead atoms. The molecule has 0 heterocycles. The molecule has 0 N–H and O–H groups in total. The van der Waals surface area contributed by atoms with E-state index >= 15 is 0 Å². The van der Waals surface area contributed by atoms with Gasteiger partial charge in [0.15, 0.2) is 0 Å². The summed E-state index contributed by atoms with van der Waals surface area (Å²) < 4.78 is 0. The highest BCUT2D eigenvalue weighted by Gasteiger charge is 1.92. The second-order valence-corrected chi connectivity index (χ2v) is 2.98. The third-order valence-electron chi connectivity index (χ3n) is 1.77. The molecule has 0 aliphatic carbocycles. The van der Waals surface area contributed by atoms with Crippen molar-refractivity contribution in [3.8, 4) is 0 Å². The van der Waals surface area contributed by atoms with Crippen LogP contribution in [0.5, 0.6) is 0 Å². The quantitative estimate of drug-likeness (QED) is 0.581. The summed E-state index contributed by atoms with van der Waals surface area (Å²) in [7, 11) is 0. The standard InChI is InChI=1S/C10H8S.2C2H6/c11-10-7-3-5-8-4-1-2-6-9(8)10;2*1-2/h1-7,11H;2*1-2H3. The first-order chi connectivity index (χ1) is 7.38. The van der Waals surface area contributed by atoms with Crippen molar-refractivity contribution in [2.24, 2.45) is 0 Å². The number of hydrogen-bond acceptors (Lipinski definition) is 1. The van der Waals surface area contributed by atoms with Crippen LogP contribution in [0.2, 0.25) is 0 Å². The highest BCUT2D eigenvalue weighted by Crippen LogP contribution is 2.20. The molecule has 0 nitrogen and oxygen atoms in total. The minimum absolute atomic E-state index is 1.04. The molecular weight excluding hydrogens is 200 g/mol. The summed E-state index contributed by atoms with van der Waals surface area (Å²) in [6.45, 7) is 8.00. The lowest BCUT2D eigenvalue weighted by Crippen LogP contribution is -1.71. The Morgan fingerprint density at radius 2 is 1.27 bits per heavy atom. The van der Waals surface area contributed by atoms with Crippen molar-refractivity contribution in [1.82, 2.24) is 0 Å². The molecule has 15 heavy (non-hydrogen) atoms. The van der Waals surface area contributed by atoms with Crippen molar-refractivity contribution >= 4 is 23.4 Å². The van der Waals surface area contributed by atoms with Gasteiger partial charge in [0.2, 0.25) is 0 Å². The number of hydrogen-bond donors (Lipinski definition) is 1. The fourth-order valence-electron chi connectivity index (χ4n) is 1.21. The number of fused-ring (bicyclic) bond motifs is 1. The van der Waals surface area contributed by atoms with Crippen LogP contribution >= 0.6 is 12.6 Å². The van der Waals surface area contributed by atoms with Crippen LogP contribution in [0.25, 0.3) is 10.8 Å². The fraction of sp³-hybridized carbons (Fsp3) is 0.286. The predicted octanol–water partition coefficient (Wildman–Crippen LogP) is 5.18. The van der Waals surface area contributed by atoms with Gasteiger partial charge in [0, 0.05) is 4.90 Å². The highest BCUT2D eigenvalue weighted by atomic mass is 32.1. The molecule has 0 fully saturated rings. The van der Waals surface area contributed by atoms with Crippen molar-refractivity contribution in [1.29, 1.82) is 0 Å². The summed E-state index contributed by atoms with van der Waals surface area (Å²) in [6, 6.07) is 14.4. The molecule has 0 saturated carbocycles. The van der Waals surface area contributed by atoms with Gasteiger partial charge in [0.05, 0.1) is 0 Å². The van der Waals surface area contributed by atoms with E-state index in [4.69, 9.17) is 0 Å². The Bertz CT molecular complexity index is 375. The van der Waals surface area contributed by atoms with Gasteiger partial charge in [0.1, 0.15) is 0 Å². The van der Waals surface area contributed by atoms with Gasteiger partial charge in [-0.05, 0) is 16.8 Å². The Hall–Kier alpha value is -0.950. The summed E-state index contributed by atoms with van der Waals surface area (Å²) in [6.07, 6.45) is 0. The molecule has 0 amide bonds. The first kappa shape index (κ1) is 14.1. The summed E-state index contributed by atoms with van der Waals surface area (Å²) in [4.78, 5) is 1.04. The Morgan fingerprint density at radius 3 is 1.87 bits per heavy atom. The molecule has 2 aromatic rings. The van der Waals surface area contributed by atoms with Crippen LogP contribution in [0.1, 0.15) is 27.7 Å². The smallest absolute Gasteiger partial charge is 0.0119 e. The molecule has 0 aliphatic rings. The van der Waals surface area contributed by atoms with Crippen LogP contribution in [0.15, 0.2) is 47.4 Å². The zero-order chi connectivity index (χ0) is 11.7. The third-order valence-corrected chi connectivity index (χ3v) is 2.16.